The lowest BCUT2D eigenvalue weighted by Crippen LogP contribution is -2.37. The largest absolute Gasteiger partial charge is 0.256 e. The van der Waals surface area contributed by atoms with Crippen LogP contribution in [0.4, 0.5) is 0 Å². The first-order valence-electron chi connectivity index (χ1n) is 14.4. The molecular weight excluding hydrogens is 376 g/mol. The topological polar surface area (TPSA) is 8.81 Å². The molecule has 2 nitrogen and oxygen atoms in total. The van der Waals surface area contributed by atoms with Crippen LogP contribution in [-0.2, 0) is 19.5 Å². The van der Waals surface area contributed by atoms with Gasteiger partial charge in [0.25, 0.3) is 5.82 Å². The molecule has 0 aromatic carbocycles. The summed E-state index contributed by atoms with van der Waals surface area (Å²) < 4.78 is 5.03. The van der Waals surface area contributed by atoms with E-state index in [2.05, 4.69) is 42.3 Å². The summed E-state index contributed by atoms with van der Waals surface area (Å²) in [5, 5.41) is 0. The summed E-state index contributed by atoms with van der Waals surface area (Å²) in [5.41, 5.74) is 0. The van der Waals surface area contributed by atoms with Gasteiger partial charge in [-0.3, -0.25) is 0 Å². The van der Waals surface area contributed by atoms with E-state index in [4.69, 9.17) is 0 Å². The Morgan fingerprint density at radius 3 is 1.42 bits per heavy atom. The van der Waals surface area contributed by atoms with Crippen LogP contribution in [0.1, 0.15) is 155 Å². The number of hydrogen-bond donors (Lipinski definition) is 0. The van der Waals surface area contributed by atoms with Crippen molar-refractivity contribution in [2.75, 3.05) is 0 Å². The summed E-state index contributed by atoms with van der Waals surface area (Å²) in [6.45, 7) is 9.21. The molecule has 31 heavy (non-hydrogen) atoms. The minimum absolute atomic E-state index is 1.11. The molecule has 182 valence electrons. The van der Waals surface area contributed by atoms with Crippen LogP contribution in [-0.4, -0.2) is 4.57 Å². The van der Waals surface area contributed by atoms with Crippen molar-refractivity contribution < 1.29 is 4.57 Å². The minimum atomic E-state index is 1.11. The third-order valence-electron chi connectivity index (χ3n) is 6.94. The van der Waals surface area contributed by atoms with E-state index < -0.39 is 0 Å². The molecule has 1 rings (SSSR count). The van der Waals surface area contributed by atoms with Crippen LogP contribution >= 0.6 is 0 Å². The van der Waals surface area contributed by atoms with Crippen LogP contribution in [0.3, 0.4) is 0 Å². The Labute approximate surface area is 196 Å². The molecule has 0 atom stereocenters. The van der Waals surface area contributed by atoms with Crippen molar-refractivity contribution in [1.29, 1.82) is 0 Å². The van der Waals surface area contributed by atoms with Crippen LogP contribution in [0, 0.1) is 0 Å². The zero-order chi connectivity index (χ0) is 22.4. The summed E-state index contributed by atoms with van der Waals surface area (Å²) in [6, 6.07) is 0. The smallest absolute Gasteiger partial charge is 0.235 e. The first-order chi connectivity index (χ1) is 15.3. The van der Waals surface area contributed by atoms with Crippen LogP contribution in [0.2, 0.25) is 0 Å². The average Bonchev–Trinajstić information content (AvgIpc) is 3.18. The fourth-order valence-electron chi connectivity index (χ4n) is 4.82. The molecule has 0 unspecified atom stereocenters. The highest BCUT2D eigenvalue weighted by Gasteiger charge is 2.15. The van der Waals surface area contributed by atoms with Gasteiger partial charge >= 0.3 is 0 Å². The normalized spacial score (nSPS) is 11.5. The molecule has 0 aliphatic rings. The zero-order valence-corrected chi connectivity index (χ0v) is 21.8. The molecule has 0 saturated carbocycles. The number of aromatic nitrogens is 2. The monoisotopic (exact) mass is 433 g/mol. The number of rotatable bonds is 23. The molecule has 0 saturated heterocycles. The molecule has 1 aromatic heterocycles. The van der Waals surface area contributed by atoms with E-state index in [1.807, 2.05) is 0 Å². The second-order valence-electron chi connectivity index (χ2n) is 9.81. The van der Waals surface area contributed by atoms with E-state index in [9.17, 15) is 0 Å². The van der Waals surface area contributed by atoms with E-state index in [1.54, 1.807) is 5.82 Å². The predicted molar refractivity (Wildman–Crippen MR) is 138 cm³/mol. The Balaban J connectivity index is 2.06. The SMILES string of the molecule is CCCCCCCCCCCCCCC[n+]1ccn(CC)c1CCCCCCCCC. The summed E-state index contributed by atoms with van der Waals surface area (Å²) in [5.74, 6) is 1.56. The van der Waals surface area contributed by atoms with Crippen LogP contribution in [0.15, 0.2) is 12.4 Å². The molecule has 0 fully saturated rings. The molecule has 0 radical (unpaired) electrons. The number of aryl methyl sites for hydroxylation is 2. The van der Waals surface area contributed by atoms with Crippen molar-refractivity contribution in [1.82, 2.24) is 4.57 Å². The molecule has 0 amide bonds. The van der Waals surface area contributed by atoms with Crippen molar-refractivity contribution in [2.24, 2.45) is 0 Å². The minimum Gasteiger partial charge on any atom is -0.235 e. The molecule has 0 spiro atoms. The van der Waals surface area contributed by atoms with Gasteiger partial charge in [-0.2, -0.15) is 0 Å². The highest BCUT2D eigenvalue weighted by atomic mass is 15.1. The first-order valence-corrected chi connectivity index (χ1v) is 14.4. The van der Waals surface area contributed by atoms with Crippen molar-refractivity contribution in [3.8, 4) is 0 Å². The van der Waals surface area contributed by atoms with E-state index >= 15 is 0 Å². The highest BCUT2D eigenvalue weighted by Crippen LogP contribution is 2.13. The van der Waals surface area contributed by atoms with Gasteiger partial charge in [0.1, 0.15) is 12.4 Å². The average molecular weight is 434 g/mol. The summed E-state index contributed by atoms with van der Waals surface area (Å²) in [6.07, 6.45) is 34.4. The zero-order valence-electron chi connectivity index (χ0n) is 21.8. The summed E-state index contributed by atoms with van der Waals surface area (Å²) in [7, 11) is 0. The molecule has 0 aliphatic heterocycles. The third-order valence-corrected chi connectivity index (χ3v) is 6.94. The van der Waals surface area contributed by atoms with E-state index in [1.165, 1.54) is 141 Å². The van der Waals surface area contributed by atoms with Gasteiger partial charge in [0.15, 0.2) is 0 Å². The van der Waals surface area contributed by atoms with Crippen LogP contribution < -0.4 is 4.57 Å². The quantitative estimate of drug-likeness (QED) is 0.120. The van der Waals surface area contributed by atoms with E-state index in [0.29, 0.717) is 0 Å². The number of nitrogens with zero attached hydrogens (tertiary/aromatic N) is 2. The number of unbranched alkanes of at least 4 members (excludes halogenated alkanes) is 18. The lowest BCUT2D eigenvalue weighted by atomic mass is 10.0. The maximum Gasteiger partial charge on any atom is 0.256 e. The molecule has 1 aromatic rings. The second kappa shape index (κ2) is 21.1. The Kier molecular flexibility index (Phi) is 19.2. The Morgan fingerprint density at radius 1 is 0.548 bits per heavy atom. The van der Waals surface area contributed by atoms with Crippen molar-refractivity contribution >= 4 is 0 Å². The third kappa shape index (κ3) is 14.8. The molecule has 0 bridgehead atoms. The lowest BCUT2D eigenvalue weighted by Gasteiger charge is -2.06. The van der Waals surface area contributed by atoms with Crippen molar-refractivity contribution in [3.63, 3.8) is 0 Å². The second-order valence-corrected chi connectivity index (χ2v) is 9.81. The van der Waals surface area contributed by atoms with Gasteiger partial charge in [0.05, 0.1) is 13.1 Å². The molecule has 0 aliphatic carbocycles. The van der Waals surface area contributed by atoms with Crippen LogP contribution in [0.5, 0.6) is 0 Å². The Bertz CT molecular complexity index is 491. The van der Waals surface area contributed by atoms with Gasteiger partial charge in [-0.05, 0) is 26.2 Å². The fraction of sp³-hybridized carbons (Fsp3) is 0.897. The number of imidazole rings is 1. The number of hydrogen-bond acceptors (Lipinski definition) is 0. The Morgan fingerprint density at radius 2 is 0.968 bits per heavy atom. The van der Waals surface area contributed by atoms with Gasteiger partial charge in [0.2, 0.25) is 0 Å². The predicted octanol–water partition coefficient (Wildman–Crippen LogP) is 9.18. The fourth-order valence-corrected chi connectivity index (χ4v) is 4.82. The van der Waals surface area contributed by atoms with Crippen molar-refractivity contribution in [2.45, 2.75) is 169 Å². The molecule has 1 heterocycles. The summed E-state index contributed by atoms with van der Waals surface area (Å²) >= 11 is 0. The van der Waals surface area contributed by atoms with Gasteiger partial charge in [-0.25, -0.2) is 9.13 Å². The van der Waals surface area contributed by atoms with E-state index in [-0.39, 0.29) is 0 Å². The first kappa shape index (κ1) is 28.2. The highest BCUT2D eigenvalue weighted by molar-refractivity contribution is 4.83. The molecule has 2 heteroatoms. The van der Waals surface area contributed by atoms with Gasteiger partial charge < -0.3 is 0 Å². The van der Waals surface area contributed by atoms with Crippen molar-refractivity contribution in [3.05, 3.63) is 18.2 Å². The van der Waals surface area contributed by atoms with E-state index in [0.717, 1.165) is 6.54 Å². The lowest BCUT2D eigenvalue weighted by molar-refractivity contribution is -0.704. The Hall–Kier alpha value is -0.790. The van der Waals surface area contributed by atoms with Crippen LogP contribution in [0.25, 0.3) is 0 Å². The van der Waals surface area contributed by atoms with Gasteiger partial charge in [-0.1, -0.05) is 123 Å². The summed E-state index contributed by atoms with van der Waals surface area (Å²) in [4.78, 5) is 0. The van der Waals surface area contributed by atoms with Gasteiger partial charge in [-0.15, -0.1) is 0 Å². The maximum atomic E-state index is 2.55. The maximum absolute atomic E-state index is 2.55. The molecular formula is C29H57N2+. The molecule has 0 N–H and O–H groups in total. The van der Waals surface area contributed by atoms with Gasteiger partial charge in [0, 0.05) is 6.42 Å². The standard InChI is InChI=1S/C29H57N2/c1-4-7-9-11-13-14-15-16-17-18-20-22-24-26-31-28-27-30(6-3)29(31)25-23-21-19-12-10-8-5-2/h27-28H,4-26H2,1-3H3/q+1.